The van der Waals surface area contributed by atoms with Crippen LogP contribution in [0.4, 0.5) is 0 Å². The lowest BCUT2D eigenvalue weighted by Crippen LogP contribution is -2.11. The van der Waals surface area contributed by atoms with Crippen LogP contribution >= 0.6 is 0 Å². The SMILES string of the molecule is CCCC(C)(C)CCCC(C)CCCC(C)=CCCc1ccc2oc(C)nc2c1. The summed E-state index contributed by atoms with van der Waals surface area (Å²) in [5.74, 6) is 1.60. The summed E-state index contributed by atoms with van der Waals surface area (Å²) in [4.78, 5) is 4.44. The fourth-order valence-electron chi connectivity index (χ4n) is 4.44. The summed E-state index contributed by atoms with van der Waals surface area (Å²) in [6.07, 6.45) is 15.4. The lowest BCUT2D eigenvalue weighted by atomic mass is 9.82. The third kappa shape index (κ3) is 8.76. The third-order valence-electron chi connectivity index (χ3n) is 6.23. The van der Waals surface area contributed by atoms with E-state index in [1.165, 1.54) is 56.9 Å². The average molecular weight is 398 g/mol. The van der Waals surface area contributed by atoms with Crippen LogP contribution in [0.5, 0.6) is 0 Å². The molecule has 162 valence electrons. The molecule has 0 aliphatic carbocycles. The van der Waals surface area contributed by atoms with Gasteiger partial charge in [-0.25, -0.2) is 4.98 Å². The first kappa shape index (κ1) is 23.7. The van der Waals surface area contributed by atoms with Crippen LogP contribution in [0.2, 0.25) is 0 Å². The summed E-state index contributed by atoms with van der Waals surface area (Å²) in [7, 11) is 0. The lowest BCUT2D eigenvalue weighted by Gasteiger charge is -2.24. The van der Waals surface area contributed by atoms with E-state index in [4.69, 9.17) is 4.42 Å². The van der Waals surface area contributed by atoms with E-state index in [2.05, 4.69) is 57.8 Å². The van der Waals surface area contributed by atoms with Crippen LogP contribution in [0, 0.1) is 18.3 Å². The van der Waals surface area contributed by atoms with Gasteiger partial charge in [-0.3, -0.25) is 0 Å². The van der Waals surface area contributed by atoms with Gasteiger partial charge in [0.2, 0.25) is 0 Å². The highest BCUT2D eigenvalue weighted by Gasteiger charge is 2.16. The van der Waals surface area contributed by atoms with Gasteiger partial charge in [-0.05, 0) is 74.5 Å². The van der Waals surface area contributed by atoms with E-state index in [1.807, 2.05) is 13.0 Å². The molecule has 0 saturated heterocycles. The lowest BCUT2D eigenvalue weighted by molar-refractivity contribution is 0.281. The molecule has 0 saturated carbocycles. The van der Waals surface area contributed by atoms with E-state index in [9.17, 15) is 0 Å². The van der Waals surface area contributed by atoms with Gasteiger partial charge in [0.1, 0.15) is 5.52 Å². The van der Waals surface area contributed by atoms with E-state index < -0.39 is 0 Å². The molecule has 0 radical (unpaired) electrons. The number of oxazole rings is 1. The Morgan fingerprint density at radius 1 is 1.17 bits per heavy atom. The van der Waals surface area contributed by atoms with E-state index in [0.717, 1.165) is 35.7 Å². The third-order valence-corrected chi connectivity index (χ3v) is 6.23. The normalized spacial score (nSPS) is 13.9. The Morgan fingerprint density at radius 2 is 1.93 bits per heavy atom. The largest absolute Gasteiger partial charge is 0.441 e. The topological polar surface area (TPSA) is 26.0 Å². The Labute approximate surface area is 179 Å². The van der Waals surface area contributed by atoms with Gasteiger partial charge in [0.15, 0.2) is 11.5 Å². The Morgan fingerprint density at radius 3 is 2.69 bits per heavy atom. The fourth-order valence-corrected chi connectivity index (χ4v) is 4.44. The minimum Gasteiger partial charge on any atom is -0.441 e. The van der Waals surface area contributed by atoms with Gasteiger partial charge >= 0.3 is 0 Å². The monoisotopic (exact) mass is 397 g/mol. The molecule has 2 nitrogen and oxygen atoms in total. The number of aromatic nitrogens is 1. The number of rotatable bonds is 13. The maximum atomic E-state index is 5.56. The van der Waals surface area contributed by atoms with E-state index >= 15 is 0 Å². The molecule has 2 aromatic rings. The highest BCUT2D eigenvalue weighted by molar-refractivity contribution is 5.73. The van der Waals surface area contributed by atoms with Crippen LogP contribution in [0.3, 0.4) is 0 Å². The van der Waals surface area contributed by atoms with E-state index in [-0.39, 0.29) is 0 Å². The molecule has 1 atom stereocenters. The fraction of sp³-hybridized carbons (Fsp3) is 0.667. The van der Waals surface area contributed by atoms with E-state index in [1.54, 1.807) is 5.57 Å². The van der Waals surface area contributed by atoms with E-state index in [0.29, 0.717) is 5.41 Å². The molecule has 2 heteroatoms. The van der Waals surface area contributed by atoms with Crippen molar-refractivity contribution in [1.82, 2.24) is 4.98 Å². The Kier molecular flexibility index (Phi) is 9.46. The summed E-state index contributed by atoms with van der Waals surface area (Å²) in [6, 6.07) is 6.38. The van der Waals surface area contributed by atoms with Gasteiger partial charge in [0.05, 0.1) is 0 Å². The van der Waals surface area contributed by atoms with Gasteiger partial charge in [-0.15, -0.1) is 0 Å². The molecule has 29 heavy (non-hydrogen) atoms. The maximum absolute atomic E-state index is 5.56. The Bertz CT molecular complexity index is 768. The highest BCUT2D eigenvalue weighted by atomic mass is 16.3. The first-order chi connectivity index (χ1) is 13.8. The van der Waals surface area contributed by atoms with Crippen molar-refractivity contribution < 1.29 is 4.42 Å². The molecular weight excluding hydrogens is 354 g/mol. The number of nitrogens with zero attached hydrogens (tertiary/aromatic N) is 1. The molecular formula is C27H43NO. The van der Waals surface area contributed by atoms with Crippen molar-refractivity contribution in [3.05, 3.63) is 41.3 Å². The summed E-state index contributed by atoms with van der Waals surface area (Å²) in [6.45, 7) is 13.8. The molecule has 1 unspecified atom stereocenters. The molecule has 0 bridgehead atoms. The van der Waals surface area contributed by atoms with Crippen LogP contribution < -0.4 is 0 Å². The summed E-state index contributed by atoms with van der Waals surface area (Å²) in [5.41, 5.74) is 5.29. The first-order valence-electron chi connectivity index (χ1n) is 11.8. The predicted octanol–water partition coefficient (Wildman–Crippen LogP) is 8.82. The molecule has 2 rings (SSSR count). The maximum Gasteiger partial charge on any atom is 0.192 e. The van der Waals surface area contributed by atoms with Crippen molar-refractivity contribution in [3.8, 4) is 0 Å². The standard InChI is InChI=1S/C27H43NO/c1-7-18-27(5,6)19-10-14-22(3)12-8-11-21(2)13-9-15-24-16-17-26-25(20-24)28-23(4)29-26/h13,16-17,20,22H,7-12,14-15,18-19H2,1-6H3. The average Bonchev–Trinajstić information content (AvgIpc) is 3.00. The van der Waals surface area contributed by atoms with Crippen molar-refractivity contribution in [2.24, 2.45) is 11.3 Å². The minimum atomic E-state index is 0.533. The van der Waals surface area contributed by atoms with Gasteiger partial charge in [0, 0.05) is 6.92 Å². The second-order valence-corrected chi connectivity index (χ2v) is 9.93. The van der Waals surface area contributed by atoms with Crippen molar-refractivity contribution in [2.75, 3.05) is 0 Å². The molecule has 1 heterocycles. The number of hydrogen-bond donors (Lipinski definition) is 0. The van der Waals surface area contributed by atoms with Crippen LogP contribution in [0.1, 0.15) is 104 Å². The van der Waals surface area contributed by atoms with Crippen molar-refractivity contribution in [3.63, 3.8) is 0 Å². The van der Waals surface area contributed by atoms with Crippen molar-refractivity contribution in [2.45, 2.75) is 106 Å². The van der Waals surface area contributed by atoms with Gasteiger partial charge < -0.3 is 4.42 Å². The zero-order valence-electron chi connectivity index (χ0n) is 19.8. The zero-order chi connectivity index (χ0) is 21.3. The minimum absolute atomic E-state index is 0.533. The van der Waals surface area contributed by atoms with Crippen molar-refractivity contribution >= 4 is 11.1 Å². The smallest absolute Gasteiger partial charge is 0.192 e. The van der Waals surface area contributed by atoms with Gasteiger partial charge in [0.25, 0.3) is 0 Å². The van der Waals surface area contributed by atoms with Crippen LogP contribution in [-0.4, -0.2) is 4.98 Å². The van der Waals surface area contributed by atoms with Crippen LogP contribution in [0.25, 0.3) is 11.1 Å². The molecule has 0 aliphatic rings. The molecule has 0 N–H and O–H groups in total. The quantitative estimate of drug-likeness (QED) is 0.315. The highest BCUT2D eigenvalue weighted by Crippen LogP contribution is 2.30. The Hall–Kier alpha value is -1.57. The Balaban J connectivity index is 1.62. The molecule has 1 aromatic carbocycles. The molecule has 0 amide bonds. The summed E-state index contributed by atoms with van der Waals surface area (Å²) < 4.78 is 5.56. The number of allylic oxidation sites excluding steroid dienone is 2. The van der Waals surface area contributed by atoms with Crippen molar-refractivity contribution in [1.29, 1.82) is 0 Å². The second-order valence-electron chi connectivity index (χ2n) is 9.93. The number of benzene rings is 1. The van der Waals surface area contributed by atoms with Crippen LogP contribution in [0.15, 0.2) is 34.3 Å². The summed E-state index contributed by atoms with van der Waals surface area (Å²) >= 11 is 0. The number of fused-ring (bicyclic) bond motifs is 1. The number of hydrogen-bond acceptors (Lipinski definition) is 2. The first-order valence-corrected chi connectivity index (χ1v) is 11.8. The van der Waals surface area contributed by atoms with Gasteiger partial charge in [-0.2, -0.15) is 0 Å². The summed E-state index contributed by atoms with van der Waals surface area (Å²) in [5, 5.41) is 0. The van der Waals surface area contributed by atoms with Crippen LogP contribution in [-0.2, 0) is 6.42 Å². The second kappa shape index (κ2) is 11.6. The molecule has 0 aliphatic heterocycles. The zero-order valence-corrected chi connectivity index (χ0v) is 19.8. The molecule has 0 spiro atoms. The predicted molar refractivity (Wildman–Crippen MR) is 126 cm³/mol. The van der Waals surface area contributed by atoms with Gasteiger partial charge in [-0.1, -0.05) is 71.1 Å². The number of aryl methyl sites for hydroxylation is 2. The molecule has 1 aromatic heterocycles. The molecule has 0 fully saturated rings.